The summed E-state index contributed by atoms with van der Waals surface area (Å²) in [6.07, 6.45) is 0. The molecule has 2 aromatic rings. The van der Waals surface area contributed by atoms with Gasteiger partial charge in [0.25, 0.3) is 0 Å². The molecule has 4 rings (SSSR count). The predicted octanol–water partition coefficient (Wildman–Crippen LogP) is 2.35. The molecule has 186 valence electrons. The van der Waals surface area contributed by atoms with E-state index in [4.69, 9.17) is 14.2 Å². The molecule has 0 atom stereocenters. The van der Waals surface area contributed by atoms with Gasteiger partial charge in [-0.3, -0.25) is 9.80 Å². The van der Waals surface area contributed by atoms with Gasteiger partial charge in [-0.05, 0) is 47.9 Å². The minimum atomic E-state index is -3.48. The first kappa shape index (κ1) is 24.9. The highest BCUT2D eigenvalue weighted by atomic mass is 32.2. The van der Waals surface area contributed by atoms with Crippen molar-refractivity contribution in [3.8, 4) is 11.5 Å². The fourth-order valence-corrected chi connectivity index (χ4v) is 6.02. The molecule has 2 heterocycles. The van der Waals surface area contributed by atoms with Crippen molar-refractivity contribution in [1.29, 1.82) is 0 Å². The Bertz CT molecular complexity index is 1080. The molecule has 2 saturated heterocycles. The molecule has 0 radical (unpaired) electrons. The number of sulfonamides is 1. The van der Waals surface area contributed by atoms with Crippen LogP contribution >= 0.6 is 0 Å². The van der Waals surface area contributed by atoms with Crippen LogP contribution < -0.4 is 9.47 Å². The highest BCUT2D eigenvalue weighted by Crippen LogP contribution is 2.31. The molecule has 2 aliphatic heterocycles. The van der Waals surface area contributed by atoms with Gasteiger partial charge in [0.05, 0.1) is 32.3 Å². The van der Waals surface area contributed by atoms with E-state index in [1.807, 2.05) is 24.3 Å². The van der Waals surface area contributed by atoms with Crippen molar-refractivity contribution in [2.24, 2.45) is 0 Å². The number of methoxy groups -OCH3 is 2. The van der Waals surface area contributed by atoms with E-state index in [-0.39, 0.29) is 0 Å². The molecule has 0 saturated carbocycles. The summed E-state index contributed by atoms with van der Waals surface area (Å²) in [6.45, 7) is 9.23. The van der Waals surface area contributed by atoms with E-state index in [1.165, 1.54) is 15.4 Å². The number of hydrogen-bond donors (Lipinski definition) is 0. The lowest BCUT2D eigenvalue weighted by Gasteiger charge is -2.35. The van der Waals surface area contributed by atoms with Crippen molar-refractivity contribution >= 4 is 10.0 Å². The minimum absolute atomic E-state index is 0.370. The Morgan fingerprint density at radius 2 is 1.47 bits per heavy atom. The van der Waals surface area contributed by atoms with Crippen molar-refractivity contribution in [2.75, 3.05) is 66.7 Å². The number of nitrogens with zero attached hydrogens (tertiary/aromatic N) is 3. The van der Waals surface area contributed by atoms with Crippen LogP contribution in [0.5, 0.6) is 11.5 Å². The summed E-state index contributed by atoms with van der Waals surface area (Å²) in [7, 11) is -0.156. The molecule has 0 spiro atoms. The molecular weight excluding hydrogens is 454 g/mol. The Morgan fingerprint density at radius 3 is 2.12 bits per heavy atom. The van der Waals surface area contributed by atoms with E-state index in [0.717, 1.165) is 56.3 Å². The van der Waals surface area contributed by atoms with Gasteiger partial charge < -0.3 is 14.2 Å². The lowest BCUT2D eigenvalue weighted by atomic mass is 10.1. The first-order valence-electron chi connectivity index (χ1n) is 11.7. The predicted molar refractivity (Wildman–Crippen MR) is 131 cm³/mol. The van der Waals surface area contributed by atoms with Gasteiger partial charge in [-0.25, -0.2) is 8.42 Å². The standard InChI is InChI=1S/C25H35N3O5S/c1-20-15-24(31-2)25(32-3)17-22(20)19-27-9-7-26(8-10-27)18-21-5-4-6-23(16-21)34(29,30)28-11-13-33-14-12-28/h4-6,15-17H,7-14,18-19H2,1-3H3. The number of morpholine rings is 1. The van der Waals surface area contributed by atoms with Crippen LogP contribution in [0.2, 0.25) is 0 Å². The van der Waals surface area contributed by atoms with Crippen molar-refractivity contribution in [3.63, 3.8) is 0 Å². The Labute approximate surface area is 203 Å². The lowest BCUT2D eigenvalue weighted by Crippen LogP contribution is -2.45. The largest absolute Gasteiger partial charge is 0.493 e. The summed E-state index contributed by atoms with van der Waals surface area (Å²) in [4.78, 5) is 5.21. The third-order valence-electron chi connectivity index (χ3n) is 6.61. The van der Waals surface area contributed by atoms with Gasteiger partial charge in [0, 0.05) is 52.4 Å². The van der Waals surface area contributed by atoms with E-state index in [9.17, 15) is 8.42 Å². The second-order valence-electron chi connectivity index (χ2n) is 8.85. The Hall–Kier alpha value is -2.17. The molecule has 0 unspecified atom stereocenters. The van der Waals surface area contributed by atoms with Gasteiger partial charge in [0.2, 0.25) is 10.0 Å². The second kappa shape index (κ2) is 11.0. The smallest absolute Gasteiger partial charge is 0.243 e. The average molecular weight is 490 g/mol. The SMILES string of the molecule is COc1cc(C)c(CN2CCN(Cc3cccc(S(=O)(=O)N4CCOCC4)c3)CC2)cc1OC. The maximum atomic E-state index is 13.0. The fourth-order valence-electron chi connectivity index (χ4n) is 4.54. The Morgan fingerprint density at radius 1 is 0.853 bits per heavy atom. The van der Waals surface area contributed by atoms with Gasteiger partial charge in [-0.15, -0.1) is 0 Å². The molecule has 0 amide bonds. The van der Waals surface area contributed by atoms with Gasteiger partial charge >= 0.3 is 0 Å². The third kappa shape index (κ3) is 5.72. The number of piperazine rings is 1. The number of rotatable bonds is 8. The Balaban J connectivity index is 1.35. The summed E-state index contributed by atoms with van der Waals surface area (Å²) in [6, 6.07) is 11.5. The quantitative estimate of drug-likeness (QED) is 0.564. The third-order valence-corrected chi connectivity index (χ3v) is 8.51. The number of aryl methyl sites for hydroxylation is 1. The summed E-state index contributed by atoms with van der Waals surface area (Å²) in [5, 5.41) is 0. The van der Waals surface area contributed by atoms with Gasteiger partial charge in [0.15, 0.2) is 11.5 Å². The molecule has 0 N–H and O–H groups in total. The lowest BCUT2D eigenvalue weighted by molar-refractivity contribution is 0.0730. The van der Waals surface area contributed by atoms with Crippen LogP contribution in [-0.2, 0) is 27.8 Å². The molecule has 2 aromatic carbocycles. The fraction of sp³-hybridized carbons (Fsp3) is 0.520. The van der Waals surface area contributed by atoms with E-state index in [0.29, 0.717) is 31.2 Å². The van der Waals surface area contributed by atoms with Crippen molar-refractivity contribution in [1.82, 2.24) is 14.1 Å². The molecular formula is C25H35N3O5S. The first-order valence-corrected chi connectivity index (χ1v) is 13.2. The number of ether oxygens (including phenoxy) is 3. The van der Waals surface area contributed by atoms with Crippen LogP contribution in [-0.4, -0.2) is 89.2 Å². The normalized spacial score (nSPS) is 18.7. The van der Waals surface area contributed by atoms with Crippen LogP contribution in [0.25, 0.3) is 0 Å². The maximum absolute atomic E-state index is 13.0. The van der Waals surface area contributed by atoms with Gasteiger partial charge in [-0.1, -0.05) is 12.1 Å². The molecule has 9 heteroatoms. The van der Waals surface area contributed by atoms with E-state index < -0.39 is 10.0 Å². The molecule has 0 bridgehead atoms. The van der Waals surface area contributed by atoms with Crippen molar-refractivity contribution < 1.29 is 22.6 Å². The van der Waals surface area contributed by atoms with Crippen LogP contribution in [0.4, 0.5) is 0 Å². The summed E-state index contributed by atoms with van der Waals surface area (Å²) >= 11 is 0. The number of benzene rings is 2. The monoisotopic (exact) mass is 489 g/mol. The van der Waals surface area contributed by atoms with Crippen molar-refractivity contribution in [2.45, 2.75) is 24.9 Å². The summed E-state index contributed by atoms with van der Waals surface area (Å²) in [5.41, 5.74) is 3.46. The zero-order chi connectivity index (χ0) is 24.1. The Kier molecular flexibility index (Phi) is 8.10. The van der Waals surface area contributed by atoms with Crippen LogP contribution in [0.15, 0.2) is 41.3 Å². The van der Waals surface area contributed by atoms with Gasteiger partial charge in [-0.2, -0.15) is 4.31 Å². The molecule has 8 nitrogen and oxygen atoms in total. The zero-order valence-corrected chi connectivity index (χ0v) is 21.1. The minimum Gasteiger partial charge on any atom is -0.493 e. The molecule has 0 aliphatic carbocycles. The molecule has 0 aromatic heterocycles. The average Bonchev–Trinajstić information content (AvgIpc) is 2.87. The molecule has 34 heavy (non-hydrogen) atoms. The maximum Gasteiger partial charge on any atom is 0.243 e. The van der Waals surface area contributed by atoms with E-state index >= 15 is 0 Å². The summed E-state index contributed by atoms with van der Waals surface area (Å²) < 4.78 is 43.7. The van der Waals surface area contributed by atoms with E-state index in [2.05, 4.69) is 22.8 Å². The highest BCUT2D eigenvalue weighted by Gasteiger charge is 2.27. The second-order valence-corrected chi connectivity index (χ2v) is 10.8. The van der Waals surface area contributed by atoms with Crippen LogP contribution in [0.3, 0.4) is 0 Å². The van der Waals surface area contributed by atoms with Gasteiger partial charge in [0.1, 0.15) is 0 Å². The first-order chi connectivity index (χ1) is 16.4. The van der Waals surface area contributed by atoms with E-state index in [1.54, 1.807) is 20.3 Å². The highest BCUT2D eigenvalue weighted by molar-refractivity contribution is 7.89. The van der Waals surface area contributed by atoms with Crippen molar-refractivity contribution in [3.05, 3.63) is 53.1 Å². The number of hydrogen-bond acceptors (Lipinski definition) is 7. The topological polar surface area (TPSA) is 71.6 Å². The van der Waals surface area contributed by atoms with Crippen LogP contribution in [0, 0.1) is 6.92 Å². The summed E-state index contributed by atoms with van der Waals surface area (Å²) in [5.74, 6) is 1.51. The molecule has 2 aliphatic rings. The zero-order valence-electron chi connectivity index (χ0n) is 20.3. The van der Waals surface area contributed by atoms with Crippen LogP contribution in [0.1, 0.15) is 16.7 Å². The molecule has 2 fully saturated rings.